The van der Waals surface area contributed by atoms with Crippen molar-refractivity contribution in [2.24, 2.45) is 18.7 Å². The predicted octanol–water partition coefficient (Wildman–Crippen LogP) is -0.759. The summed E-state index contributed by atoms with van der Waals surface area (Å²) in [7, 11) is 3.77. The van der Waals surface area contributed by atoms with Crippen LogP contribution >= 0.6 is 0 Å². The van der Waals surface area contributed by atoms with Crippen molar-refractivity contribution >= 4 is 5.95 Å². The molecule has 1 rings (SSSR count). The molecule has 1 unspecified atom stereocenters. The summed E-state index contributed by atoms with van der Waals surface area (Å²) in [5, 5.41) is 11.2. The Morgan fingerprint density at radius 3 is 2.77 bits per heavy atom. The summed E-state index contributed by atoms with van der Waals surface area (Å²) in [5.74, 6) is 1.21. The monoisotopic (exact) mass is 184 g/mol. The van der Waals surface area contributed by atoms with Gasteiger partial charge in [-0.25, -0.2) is 4.68 Å². The number of rotatable bonds is 4. The first-order valence-electron chi connectivity index (χ1n) is 4.28. The van der Waals surface area contributed by atoms with E-state index in [9.17, 15) is 0 Å². The van der Waals surface area contributed by atoms with E-state index in [4.69, 9.17) is 5.73 Å². The first-order valence-corrected chi connectivity index (χ1v) is 4.28. The first-order chi connectivity index (χ1) is 6.15. The van der Waals surface area contributed by atoms with Gasteiger partial charge in [-0.05, 0) is 22.9 Å². The molecule has 0 radical (unpaired) electrons. The van der Waals surface area contributed by atoms with Crippen molar-refractivity contribution in [1.29, 1.82) is 0 Å². The number of aryl methyl sites for hydroxylation is 1. The molecule has 0 aliphatic heterocycles. The SMILES string of the molecule is CC(CN)CN(C)c1nnnn1C. The largest absolute Gasteiger partial charge is 0.342 e. The highest BCUT2D eigenvalue weighted by Crippen LogP contribution is 2.06. The van der Waals surface area contributed by atoms with Crippen molar-refractivity contribution in [3.05, 3.63) is 0 Å². The number of tetrazole rings is 1. The second kappa shape index (κ2) is 4.18. The molecule has 1 aromatic heterocycles. The van der Waals surface area contributed by atoms with Gasteiger partial charge in [-0.3, -0.25) is 0 Å². The normalized spacial score (nSPS) is 12.9. The average Bonchev–Trinajstić information content (AvgIpc) is 2.51. The number of hydrogen-bond donors (Lipinski definition) is 1. The standard InChI is InChI=1S/C7H16N6/c1-6(4-8)5-12(2)7-9-10-11-13(7)3/h6H,4-5,8H2,1-3H3. The Morgan fingerprint density at radius 2 is 2.31 bits per heavy atom. The van der Waals surface area contributed by atoms with Crippen LogP contribution in [0.1, 0.15) is 6.92 Å². The van der Waals surface area contributed by atoms with Gasteiger partial charge in [0.25, 0.3) is 0 Å². The van der Waals surface area contributed by atoms with Gasteiger partial charge in [-0.2, -0.15) is 0 Å². The third kappa shape index (κ3) is 2.38. The topological polar surface area (TPSA) is 72.9 Å². The van der Waals surface area contributed by atoms with Crippen LogP contribution in [-0.4, -0.2) is 40.3 Å². The van der Waals surface area contributed by atoms with E-state index in [2.05, 4.69) is 22.4 Å². The highest BCUT2D eigenvalue weighted by Gasteiger charge is 2.10. The van der Waals surface area contributed by atoms with Crippen molar-refractivity contribution in [1.82, 2.24) is 20.2 Å². The van der Waals surface area contributed by atoms with Crippen LogP contribution in [-0.2, 0) is 7.05 Å². The van der Waals surface area contributed by atoms with Crippen LogP contribution in [0.2, 0.25) is 0 Å². The van der Waals surface area contributed by atoms with Crippen LogP contribution in [0, 0.1) is 5.92 Å². The lowest BCUT2D eigenvalue weighted by molar-refractivity contribution is 0.576. The summed E-state index contributed by atoms with van der Waals surface area (Å²) in [6, 6.07) is 0. The molecule has 0 aromatic carbocycles. The zero-order valence-corrected chi connectivity index (χ0v) is 8.30. The molecule has 0 bridgehead atoms. The van der Waals surface area contributed by atoms with E-state index in [0.717, 1.165) is 12.5 Å². The molecule has 1 heterocycles. The minimum Gasteiger partial charge on any atom is -0.342 e. The van der Waals surface area contributed by atoms with E-state index in [1.807, 2.05) is 19.0 Å². The molecule has 0 aliphatic carbocycles. The molecule has 0 saturated carbocycles. The zero-order chi connectivity index (χ0) is 9.84. The van der Waals surface area contributed by atoms with Crippen LogP contribution in [0.5, 0.6) is 0 Å². The molecule has 1 atom stereocenters. The smallest absolute Gasteiger partial charge is 0.245 e. The second-order valence-corrected chi connectivity index (χ2v) is 3.32. The number of aromatic nitrogens is 4. The maximum Gasteiger partial charge on any atom is 0.245 e. The minimum atomic E-state index is 0.446. The van der Waals surface area contributed by atoms with E-state index in [-0.39, 0.29) is 0 Å². The Labute approximate surface area is 77.7 Å². The van der Waals surface area contributed by atoms with E-state index < -0.39 is 0 Å². The molecular weight excluding hydrogens is 168 g/mol. The lowest BCUT2D eigenvalue weighted by atomic mass is 10.2. The molecule has 0 fully saturated rings. The number of hydrogen-bond acceptors (Lipinski definition) is 5. The lowest BCUT2D eigenvalue weighted by Gasteiger charge is -2.19. The van der Waals surface area contributed by atoms with E-state index >= 15 is 0 Å². The molecule has 0 spiro atoms. The summed E-state index contributed by atoms with van der Waals surface area (Å²) in [4.78, 5) is 2.00. The van der Waals surface area contributed by atoms with E-state index in [0.29, 0.717) is 12.5 Å². The van der Waals surface area contributed by atoms with Gasteiger partial charge in [-0.15, -0.1) is 0 Å². The fourth-order valence-electron chi connectivity index (χ4n) is 1.17. The number of nitrogens with two attached hydrogens (primary N) is 1. The summed E-state index contributed by atoms with van der Waals surface area (Å²) in [5.41, 5.74) is 5.53. The van der Waals surface area contributed by atoms with Crippen LogP contribution in [0.3, 0.4) is 0 Å². The van der Waals surface area contributed by atoms with Gasteiger partial charge in [0.05, 0.1) is 0 Å². The van der Waals surface area contributed by atoms with Crippen molar-refractivity contribution < 1.29 is 0 Å². The van der Waals surface area contributed by atoms with Crippen LogP contribution < -0.4 is 10.6 Å². The van der Waals surface area contributed by atoms with Gasteiger partial charge in [0.2, 0.25) is 5.95 Å². The molecule has 13 heavy (non-hydrogen) atoms. The van der Waals surface area contributed by atoms with Gasteiger partial charge < -0.3 is 10.6 Å². The maximum absolute atomic E-state index is 5.53. The molecule has 0 saturated heterocycles. The Balaban J connectivity index is 2.58. The Morgan fingerprint density at radius 1 is 1.62 bits per heavy atom. The summed E-state index contributed by atoms with van der Waals surface area (Å²) in [6.45, 7) is 3.64. The van der Waals surface area contributed by atoms with Crippen molar-refractivity contribution in [2.75, 3.05) is 25.0 Å². The molecule has 6 nitrogen and oxygen atoms in total. The van der Waals surface area contributed by atoms with Gasteiger partial charge in [0.1, 0.15) is 0 Å². The molecule has 2 N–H and O–H groups in total. The zero-order valence-electron chi connectivity index (χ0n) is 8.30. The lowest BCUT2D eigenvalue weighted by Crippen LogP contribution is -2.30. The van der Waals surface area contributed by atoms with Gasteiger partial charge in [0.15, 0.2) is 0 Å². The fourth-order valence-corrected chi connectivity index (χ4v) is 1.17. The summed E-state index contributed by atoms with van der Waals surface area (Å²) in [6.07, 6.45) is 0. The minimum absolute atomic E-state index is 0.446. The van der Waals surface area contributed by atoms with E-state index in [1.54, 1.807) is 4.68 Å². The molecule has 0 amide bonds. The van der Waals surface area contributed by atoms with Gasteiger partial charge >= 0.3 is 0 Å². The number of nitrogens with zero attached hydrogens (tertiary/aromatic N) is 5. The van der Waals surface area contributed by atoms with Crippen molar-refractivity contribution in [3.63, 3.8) is 0 Å². The summed E-state index contributed by atoms with van der Waals surface area (Å²) >= 11 is 0. The van der Waals surface area contributed by atoms with Gasteiger partial charge in [-0.1, -0.05) is 12.0 Å². The third-order valence-corrected chi connectivity index (χ3v) is 1.93. The molecule has 1 aromatic rings. The van der Waals surface area contributed by atoms with Crippen molar-refractivity contribution in [3.8, 4) is 0 Å². The van der Waals surface area contributed by atoms with Gasteiger partial charge in [0, 0.05) is 20.6 Å². The molecular formula is C7H16N6. The highest BCUT2D eigenvalue weighted by molar-refractivity contribution is 5.25. The van der Waals surface area contributed by atoms with Crippen LogP contribution in [0.25, 0.3) is 0 Å². The predicted molar refractivity (Wildman–Crippen MR) is 50.3 cm³/mol. The molecule has 0 aliphatic rings. The van der Waals surface area contributed by atoms with Crippen molar-refractivity contribution in [2.45, 2.75) is 6.92 Å². The quantitative estimate of drug-likeness (QED) is 0.666. The van der Waals surface area contributed by atoms with E-state index in [1.165, 1.54) is 0 Å². The van der Waals surface area contributed by atoms with Crippen LogP contribution in [0.4, 0.5) is 5.95 Å². The highest BCUT2D eigenvalue weighted by atomic mass is 15.6. The number of anilines is 1. The second-order valence-electron chi connectivity index (χ2n) is 3.32. The maximum atomic E-state index is 5.53. The molecule has 6 heteroatoms. The summed E-state index contributed by atoms with van der Waals surface area (Å²) < 4.78 is 1.64. The average molecular weight is 184 g/mol. The fraction of sp³-hybridized carbons (Fsp3) is 0.857. The Bertz CT molecular complexity index is 257. The third-order valence-electron chi connectivity index (χ3n) is 1.93. The Hall–Kier alpha value is -1.17. The Kier molecular flexibility index (Phi) is 3.18. The first kappa shape index (κ1) is 9.91. The molecule has 74 valence electrons. The van der Waals surface area contributed by atoms with Crippen LogP contribution in [0.15, 0.2) is 0 Å².